The molecule has 0 radical (unpaired) electrons. The Morgan fingerprint density at radius 1 is 1.35 bits per heavy atom. The molecule has 1 amide bonds. The van der Waals surface area contributed by atoms with Crippen molar-refractivity contribution in [3.8, 4) is 0 Å². The Kier molecular flexibility index (Phi) is 5.30. The molecule has 0 saturated carbocycles. The van der Waals surface area contributed by atoms with Gasteiger partial charge in [-0.25, -0.2) is 15.2 Å². The van der Waals surface area contributed by atoms with Gasteiger partial charge in [-0.2, -0.15) is 5.10 Å². The fourth-order valence-electron chi connectivity index (χ4n) is 2.77. The van der Waals surface area contributed by atoms with Gasteiger partial charge in [-0.3, -0.25) is 5.10 Å². The highest BCUT2D eigenvalue weighted by Crippen LogP contribution is 2.19. The summed E-state index contributed by atoms with van der Waals surface area (Å²) in [5.41, 5.74) is 8.25. The highest BCUT2D eigenvalue weighted by atomic mass is 16.4. The minimum absolute atomic E-state index is 0.298. The smallest absolute Gasteiger partial charge is 0.405 e. The summed E-state index contributed by atoms with van der Waals surface area (Å²) in [4.78, 5) is 15.2. The maximum absolute atomic E-state index is 11.1. The van der Waals surface area contributed by atoms with Crippen LogP contribution in [0.5, 0.6) is 0 Å². The summed E-state index contributed by atoms with van der Waals surface area (Å²) in [5.74, 6) is 0.510. The summed E-state index contributed by atoms with van der Waals surface area (Å²) in [7, 11) is 0. The zero-order valence-corrected chi connectivity index (χ0v) is 14.1. The molecule has 0 spiro atoms. The molecule has 1 aromatic carbocycles. The third-order valence-electron chi connectivity index (χ3n) is 3.96. The number of benzene rings is 1. The zero-order chi connectivity index (χ0) is 18.5. The van der Waals surface area contributed by atoms with E-state index >= 15 is 0 Å². The van der Waals surface area contributed by atoms with Crippen molar-refractivity contribution in [2.45, 2.75) is 25.6 Å². The van der Waals surface area contributed by atoms with Crippen LogP contribution in [-0.4, -0.2) is 43.8 Å². The molecule has 2 heterocycles. The molecule has 2 unspecified atom stereocenters. The number of carboxylic acid groups (broad SMARTS) is 1. The van der Waals surface area contributed by atoms with Crippen molar-refractivity contribution in [1.82, 2.24) is 25.9 Å². The highest BCUT2D eigenvalue weighted by molar-refractivity contribution is 5.81. The van der Waals surface area contributed by atoms with Crippen LogP contribution in [0.15, 0.2) is 42.7 Å². The maximum Gasteiger partial charge on any atom is 0.405 e. The number of fused-ring (bicyclic) bond motifs is 1. The molecular formula is C17H20N6O3. The molecule has 0 aliphatic carbocycles. The highest BCUT2D eigenvalue weighted by Gasteiger charge is 2.22. The van der Waals surface area contributed by atoms with Crippen LogP contribution in [0.2, 0.25) is 0 Å². The number of aromatic amines is 1. The average molecular weight is 356 g/mol. The van der Waals surface area contributed by atoms with E-state index in [1.807, 2.05) is 19.1 Å². The van der Waals surface area contributed by atoms with E-state index in [4.69, 9.17) is 5.11 Å². The van der Waals surface area contributed by atoms with Crippen LogP contribution >= 0.6 is 0 Å². The Balaban J connectivity index is 1.72. The number of aliphatic hydroxyl groups is 1. The lowest BCUT2D eigenvalue weighted by Gasteiger charge is -2.24. The number of H-pyrrole nitrogens is 1. The normalized spacial score (nSPS) is 13.3. The summed E-state index contributed by atoms with van der Waals surface area (Å²) >= 11 is 0. The van der Waals surface area contributed by atoms with E-state index < -0.39 is 18.4 Å². The number of pyridine rings is 1. The molecule has 26 heavy (non-hydrogen) atoms. The summed E-state index contributed by atoms with van der Waals surface area (Å²) < 4.78 is 0. The molecule has 0 fully saturated rings. The Bertz CT molecular complexity index is 883. The number of nitrogens with one attached hydrogen (secondary N) is 4. The SMILES string of the molecule is Cc1cc(CC(NC(=O)O)C(O)NNc2ccccn2)cc2cn[nH]c12. The van der Waals surface area contributed by atoms with Crippen LogP contribution < -0.4 is 16.2 Å². The van der Waals surface area contributed by atoms with E-state index in [1.54, 1.807) is 30.6 Å². The lowest BCUT2D eigenvalue weighted by Crippen LogP contribution is -2.52. The number of anilines is 1. The average Bonchev–Trinajstić information content (AvgIpc) is 3.09. The molecule has 6 N–H and O–H groups in total. The fraction of sp³-hybridized carbons (Fsp3) is 0.235. The van der Waals surface area contributed by atoms with Gasteiger partial charge in [0.25, 0.3) is 0 Å². The van der Waals surface area contributed by atoms with Crippen LogP contribution in [0, 0.1) is 6.92 Å². The van der Waals surface area contributed by atoms with Crippen molar-refractivity contribution < 1.29 is 15.0 Å². The number of nitrogens with zero attached hydrogens (tertiary/aromatic N) is 2. The molecule has 0 aliphatic heterocycles. The molecule has 0 aliphatic rings. The van der Waals surface area contributed by atoms with Crippen LogP contribution in [0.1, 0.15) is 11.1 Å². The van der Waals surface area contributed by atoms with E-state index in [-0.39, 0.29) is 0 Å². The number of carbonyl (C=O) groups is 1. The van der Waals surface area contributed by atoms with Crippen LogP contribution in [0.3, 0.4) is 0 Å². The van der Waals surface area contributed by atoms with Gasteiger partial charge in [-0.1, -0.05) is 12.1 Å². The number of aromatic nitrogens is 3. The Morgan fingerprint density at radius 2 is 2.19 bits per heavy atom. The van der Waals surface area contributed by atoms with E-state index in [2.05, 4.69) is 31.3 Å². The molecule has 136 valence electrons. The number of hydrogen-bond acceptors (Lipinski definition) is 6. The molecule has 9 nitrogen and oxygen atoms in total. The monoisotopic (exact) mass is 356 g/mol. The standard InChI is InChI=1S/C17H20N6O3/c1-10-6-11(7-12-9-19-22-15(10)12)8-13(20-17(25)26)16(24)23-21-14-4-2-3-5-18-14/h2-7,9,13,16,20,23-24H,8H2,1H3,(H,18,21)(H,19,22)(H,25,26). The molecule has 3 aromatic rings. The van der Waals surface area contributed by atoms with Gasteiger partial charge in [0.2, 0.25) is 0 Å². The maximum atomic E-state index is 11.1. The van der Waals surface area contributed by atoms with Crippen molar-refractivity contribution in [2.75, 3.05) is 5.43 Å². The Hall–Kier alpha value is -3.17. The third kappa shape index (κ3) is 4.26. The third-order valence-corrected chi connectivity index (χ3v) is 3.96. The van der Waals surface area contributed by atoms with Crippen molar-refractivity contribution in [3.05, 3.63) is 53.9 Å². The molecule has 9 heteroatoms. The van der Waals surface area contributed by atoms with Crippen molar-refractivity contribution in [3.63, 3.8) is 0 Å². The summed E-state index contributed by atoms with van der Waals surface area (Å²) in [5, 5.41) is 29.7. The predicted octanol–water partition coefficient (Wildman–Crippen LogP) is 1.38. The summed E-state index contributed by atoms with van der Waals surface area (Å²) in [6, 6.07) is 8.36. The van der Waals surface area contributed by atoms with Crippen molar-refractivity contribution in [2.24, 2.45) is 0 Å². The number of hydrogen-bond donors (Lipinski definition) is 6. The van der Waals surface area contributed by atoms with Gasteiger partial charge in [0, 0.05) is 11.6 Å². The van der Waals surface area contributed by atoms with Gasteiger partial charge in [0.15, 0.2) is 0 Å². The van der Waals surface area contributed by atoms with E-state index in [0.29, 0.717) is 12.2 Å². The molecule has 3 rings (SSSR count). The van der Waals surface area contributed by atoms with Gasteiger partial charge >= 0.3 is 6.09 Å². The van der Waals surface area contributed by atoms with Gasteiger partial charge in [-0.05, 0) is 42.7 Å². The second-order valence-electron chi connectivity index (χ2n) is 5.94. The first-order valence-electron chi connectivity index (χ1n) is 8.05. The van der Waals surface area contributed by atoms with E-state index in [1.165, 1.54) is 0 Å². The number of hydrazine groups is 1. The quantitative estimate of drug-likeness (QED) is 0.278. The Labute approximate surface area is 149 Å². The largest absolute Gasteiger partial charge is 0.465 e. The van der Waals surface area contributed by atoms with Crippen molar-refractivity contribution >= 4 is 22.8 Å². The lowest BCUT2D eigenvalue weighted by atomic mass is 10.0. The van der Waals surface area contributed by atoms with Crippen LogP contribution in [-0.2, 0) is 6.42 Å². The molecular weight excluding hydrogens is 336 g/mol. The second-order valence-corrected chi connectivity index (χ2v) is 5.94. The number of rotatable bonds is 7. The summed E-state index contributed by atoms with van der Waals surface area (Å²) in [6.07, 6.45) is 1.23. The lowest BCUT2D eigenvalue weighted by molar-refractivity contribution is 0.0970. The predicted molar refractivity (Wildman–Crippen MR) is 96.5 cm³/mol. The number of amides is 1. The molecule has 2 atom stereocenters. The minimum atomic E-state index is -1.21. The van der Waals surface area contributed by atoms with Crippen molar-refractivity contribution in [1.29, 1.82) is 0 Å². The zero-order valence-electron chi connectivity index (χ0n) is 14.1. The number of aryl methyl sites for hydroxylation is 1. The second kappa shape index (κ2) is 7.81. The molecule has 0 bridgehead atoms. The first-order valence-corrected chi connectivity index (χ1v) is 8.05. The Morgan fingerprint density at radius 3 is 2.92 bits per heavy atom. The van der Waals surface area contributed by atoms with Gasteiger partial charge in [-0.15, -0.1) is 0 Å². The first kappa shape index (κ1) is 17.6. The first-order chi connectivity index (χ1) is 12.5. The van der Waals surface area contributed by atoms with Crippen LogP contribution in [0.4, 0.5) is 10.6 Å². The van der Waals surface area contributed by atoms with Crippen LogP contribution in [0.25, 0.3) is 10.9 Å². The van der Waals surface area contributed by atoms with Gasteiger partial charge in [0.05, 0.1) is 17.8 Å². The summed E-state index contributed by atoms with van der Waals surface area (Å²) in [6.45, 7) is 1.95. The fourth-order valence-corrected chi connectivity index (χ4v) is 2.77. The topological polar surface area (TPSA) is 135 Å². The molecule has 0 saturated heterocycles. The minimum Gasteiger partial charge on any atom is -0.465 e. The van der Waals surface area contributed by atoms with E-state index in [0.717, 1.165) is 22.0 Å². The molecule has 2 aromatic heterocycles. The number of aliphatic hydroxyl groups excluding tert-OH is 1. The van der Waals surface area contributed by atoms with Gasteiger partial charge < -0.3 is 21.0 Å². The van der Waals surface area contributed by atoms with Gasteiger partial charge in [0.1, 0.15) is 12.0 Å². The van der Waals surface area contributed by atoms with E-state index in [9.17, 15) is 9.90 Å².